The van der Waals surface area contributed by atoms with Crippen LogP contribution in [0, 0.1) is 29.6 Å². The third-order valence-electron chi connectivity index (χ3n) is 7.78. The predicted molar refractivity (Wildman–Crippen MR) is 126 cm³/mol. The maximum Gasteiger partial charge on any atom is 0.407 e. The van der Waals surface area contributed by atoms with Gasteiger partial charge in [0.2, 0.25) is 0 Å². The number of ether oxygens (including phenoxy) is 1. The number of nitrogens with one attached hydrogen (secondary N) is 2. The molecule has 1 amide bonds. The Morgan fingerprint density at radius 3 is 1.81 bits per heavy atom. The Morgan fingerprint density at radius 1 is 0.781 bits per heavy atom. The molecule has 0 heterocycles. The molecule has 0 saturated heterocycles. The van der Waals surface area contributed by atoms with E-state index in [1.165, 1.54) is 57.8 Å². The fourth-order valence-electron chi connectivity index (χ4n) is 6.06. The minimum absolute atomic E-state index is 0.000883. The Hall–Kier alpha value is -1.30. The molecule has 3 rings (SSSR count). The number of amides is 1. The first-order valence-electron chi connectivity index (χ1n) is 13.2. The van der Waals surface area contributed by atoms with E-state index in [1.54, 1.807) is 0 Å². The maximum absolute atomic E-state index is 13.0. The van der Waals surface area contributed by atoms with Gasteiger partial charge >= 0.3 is 12.1 Å². The summed E-state index contributed by atoms with van der Waals surface area (Å²) >= 11 is 0. The molecule has 0 bridgehead atoms. The zero-order valence-electron chi connectivity index (χ0n) is 20.6. The number of hydroxylamine groups is 1. The van der Waals surface area contributed by atoms with Crippen LogP contribution < -0.4 is 10.8 Å². The average molecular weight is 451 g/mol. The van der Waals surface area contributed by atoms with Crippen LogP contribution in [-0.2, 0) is 14.4 Å². The fraction of sp³-hybridized carbons (Fsp3) is 0.923. The maximum atomic E-state index is 13.0. The number of hydrogen-bond acceptors (Lipinski definition) is 5. The molecule has 0 aromatic rings. The van der Waals surface area contributed by atoms with Gasteiger partial charge in [-0.2, -0.15) is 5.48 Å². The van der Waals surface area contributed by atoms with Gasteiger partial charge in [0.1, 0.15) is 5.60 Å². The van der Waals surface area contributed by atoms with E-state index >= 15 is 0 Å². The molecule has 3 saturated carbocycles. The first-order valence-corrected chi connectivity index (χ1v) is 13.2. The summed E-state index contributed by atoms with van der Waals surface area (Å²) in [6, 6.07) is 0. The topological polar surface area (TPSA) is 76.7 Å². The second-order valence-corrected chi connectivity index (χ2v) is 11.5. The molecule has 6 nitrogen and oxygen atoms in total. The van der Waals surface area contributed by atoms with Gasteiger partial charge in [-0.1, -0.05) is 32.1 Å². The second kappa shape index (κ2) is 12.2. The van der Waals surface area contributed by atoms with E-state index in [0.717, 1.165) is 32.2 Å². The van der Waals surface area contributed by atoms with Crippen LogP contribution in [0.1, 0.15) is 104 Å². The SMILES string of the molecule is CC(C)(C)OC(=O)NCC1CCC(CNOC(=O)[C@H](C2CCCCC2)C2CCCC2)CC1. The normalized spacial score (nSPS) is 26.5. The van der Waals surface area contributed by atoms with E-state index in [2.05, 4.69) is 10.8 Å². The summed E-state index contributed by atoms with van der Waals surface area (Å²) in [5.74, 6) is 2.17. The van der Waals surface area contributed by atoms with Crippen LogP contribution in [0.3, 0.4) is 0 Å². The van der Waals surface area contributed by atoms with Crippen LogP contribution in [0.25, 0.3) is 0 Å². The zero-order valence-corrected chi connectivity index (χ0v) is 20.6. The van der Waals surface area contributed by atoms with Crippen LogP contribution in [0.2, 0.25) is 0 Å². The Labute approximate surface area is 194 Å². The van der Waals surface area contributed by atoms with Gasteiger partial charge in [-0.15, -0.1) is 0 Å². The van der Waals surface area contributed by atoms with Crippen molar-refractivity contribution in [1.82, 2.24) is 10.8 Å². The lowest BCUT2D eigenvalue weighted by molar-refractivity contribution is -0.162. The van der Waals surface area contributed by atoms with Gasteiger partial charge in [-0.3, -0.25) is 4.79 Å². The molecule has 0 aromatic heterocycles. The molecule has 3 aliphatic carbocycles. The molecular formula is C26H46N2O4. The number of carbonyl (C=O) groups excluding carboxylic acids is 2. The Bertz CT molecular complexity index is 583. The highest BCUT2D eigenvalue weighted by Gasteiger charge is 2.38. The van der Waals surface area contributed by atoms with Crippen LogP contribution in [0.15, 0.2) is 0 Å². The van der Waals surface area contributed by atoms with E-state index in [-0.39, 0.29) is 18.0 Å². The summed E-state index contributed by atoms with van der Waals surface area (Å²) in [6.45, 7) is 7.04. The smallest absolute Gasteiger partial charge is 0.407 e. The van der Waals surface area contributed by atoms with Crippen molar-refractivity contribution in [1.29, 1.82) is 0 Å². The molecule has 1 atom stereocenters. The molecule has 0 unspecified atom stereocenters. The molecule has 0 spiro atoms. The molecule has 0 aliphatic heterocycles. The third-order valence-corrected chi connectivity index (χ3v) is 7.78. The Kier molecular flexibility index (Phi) is 9.69. The fourth-order valence-corrected chi connectivity index (χ4v) is 6.06. The molecule has 6 heteroatoms. The van der Waals surface area contributed by atoms with E-state index in [9.17, 15) is 9.59 Å². The predicted octanol–water partition coefficient (Wildman–Crippen LogP) is 5.75. The number of alkyl carbamates (subject to hydrolysis) is 1. The molecule has 0 radical (unpaired) electrons. The number of carbonyl (C=O) groups is 2. The molecule has 3 aliphatic rings. The molecule has 184 valence electrons. The van der Waals surface area contributed by atoms with Crippen molar-refractivity contribution in [3.8, 4) is 0 Å². The molecule has 2 N–H and O–H groups in total. The number of rotatable bonds is 8. The largest absolute Gasteiger partial charge is 0.444 e. The highest BCUT2D eigenvalue weighted by Crippen LogP contribution is 2.41. The third kappa shape index (κ3) is 8.24. The highest BCUT2D eigenvalue weighted by atomic mass is 16.7. The summed E-state index contributed by atoms with van der Waals surface area (Å²) in [4.78, 5) is 30.5. The minimum atomic E-state index is -0.460. The minimum Gasteiger partial charge on any atom is -0.444 e. The zero-order chi connectivity index (χ0) is 23.0. The van der Waals surface area contributed by atoms with Gasteiger partial charge in [0, 0.05) is 13.1 Å². The van der Waals surface area contributed by atoms with Crippen molar-refractivity contribution in [2.24, 2.45) is 29.6 Å². The van der Waals surface area contributed by atoms with Crippen LogP contribution in [0.5, 0.6) is 0 Å². The van der Waals surface area contributed by atoms with Crippen molar-refractivity contribution in [3.05, 3.63) is 0 Å². The highest BCUT2D eigenvalue weighted by molar-refractivity contribution is 5.73. The molecular weight excluding hydrogens is 404 g/mol. The molecule has 3 fully saturated rings. The van der Waals surface area contributed by atoms with Gasteiger partial charge in [0.15, 0.2) is 0 Å². The summed E-state index contributed by atoms with van der Waals surface area (Å²) in [6.07, 6.45) is 15.2. The number of hydrogen-bond donors (Lipinski definition) is 2. The lowest BCUT2D eigenvalue weighted by Gasteiger charge is -2.33. The summed E-state index contributed by atoms with van der Waals surface area (Å²) < 4.78 is 5.32. The Morgan fingerprint density at radius 2 is 1.28 bits per heavy atom. The van der Waals surface area contributed by atoms with Crippen LogP contribution in [0.4, 0.5) is 4.79 Å². The van der Waals surface area contributed by atoms with Gasteiger partial charge < -0.3 is 14.9 Å². The van der Waals surface area contributed by atoms with Crippen molar-refractivity contribution in [3.63, 3.8) is 0 Å². The lowest BCUT2D eigenvalue weighted by Crippen LogP contribution is -2.38. The van der Waals surface area contributed by atoms with Crippen molar-refractivity contribution in [2.45, 2.75) is 110 Å². The lowest BCUT2D eigenvalue weighted by atomic mass is 9.73. The van der Waals surface area contributed by atoms with Crippen molar-refractivity contribution < 1.29 is 19.2 Å². The summed E-state index contributed by atoms with van der Waals surface area (Å²) in [7, 11) is 0. The van der Waals surface area contributed by atoms with Gasteiger partial charge in [-0.05, 0) is 95.8 Å². The second-order valence-electron chi connectivity index (χ2n) is 11.5. The summed E-state index contributed by atoms with van der Waals surface area (Å²) in [5.41, 5.74) is 2.59. The first-order chi connectivity index (χ1) is 15.3. The first kappa shape index (κ1) is 25.3. The van der Waals surface area contributed by atoms with Gasteiger partial charge in [0.05, 0.1) is 5.92 Å². The monoisotopic (exact) mass is 450 g/mol. The van der Waals surface area contributed by atoms with E-state index in [4.69, 9.17) is 9.57 Å². The quantitative estimate of drug-likeness (QED) is 0.460. The van der Waals surface area contributed by atoms with Crippen LogP contribution >= 0.6 is 0 Å². The van der Waals surface area contributed by atoms with Gasteiger partial charge in [-0.25, -0.2) is 4.79 Å². The van der Waals surface area contributed by atoms with E-state index in [1.807, 2.05) is 20.8 Å². The standard InChI is InChI=1S/C26H46N2O4/c1-26(2,3)31-25(30)27-17-19-13-15-20(16-14-19)18-28-32-24(29)23(22-11-7-8-12-22)21-9-5-4-6-10-21/h19-23,28H,4-18H2,1-3H3,(H,27,30)/t19?,20?,23-/m1/s1. The molecule has 32 heavy (non-hydrogen) atoms. The van der Waals surface area contributed by atoms with Gasteiger partial charge in [0.25, 0.3) is 0 Å². The van der Waals surface area contributed by atoms with Crippen LogP contribution in [-0.4, -0.2) is 30.8 Å². The Balaban J connectivity index is 1.34. The summed E-state index contributed by atoms with van der Waals surface area (Å²) in [5, 5.41) is 2.91. The van der Waals surface area contributed by atoms with E-state index in [0.29, 0.717) is 30.2 Å². The van der Waals surface area contributed by atoms with Crippen molar-refractivity contribution in [2.75, 3.05) is 13.1 Å². The van der Waals surface area contributed by atoms with Crippen molar-refractivity contribution >= 4 is 12.1 Å². The average Bonchev–Trinajstić information content (AvgIpc) is 3.27. The molecule has 0 aromatic carbocycles. The van der Waals surface area contributed by atoms with E-state index < -0.39 is 5.60 Å².